The minimum atomic E-state index is 0.137. The molecule has 0 spiro atoms. The summed E-state index contributed by atoms with van der Waals surface area (Å²) in [6.45, 7) is 6.50. The topological polar surface area (TPSA) is 12.9 Å². The highest BCUT2D eigenvalue weighted by molar-refractivity contribution is 6.17. The molecule has 0 aliphatic carbocycles. The van der Waals surface area contributed by atoms with Crippen LogP contribution in [0.2, 0.25) is 0 Å². The number of pyridine rings is 1. The Balaban J connectivity index is 3.14. The summed E-state index contributed by atoms with van der Waals surface area (Å²) in [4.78, 5) is 4.10. The van der Waals surface area contributed by atoms with E-state index in [1.54, 1.807) is 6.20 Å². The Labute approximate surface area is 78.8 Å². The SMILES string of the molecule is CC(C)(C)c1cnccc1CCl. The second kappa shape index (κ2) is 3.44. The van der Waals surface area contributed by atoms with Crippen LogP contribution in [-0.2, 0) is 11.3 Å². The highest BCUT2D eigenvalue weighted by Gasteiger charge is 2.16. The number of halogens is 1. The fourth-order valence-corrected chi connectivity index (χ4v) is 1.45. The van der Waals surface area contributed by atoms with Crippen LogP contribution in [0.15, 0.2) is 18.5 Å². The van der Waals surface area contributed by atoms with Gasteiger partial charge in [-0.3, -0.25) is 4.98 Å². The second-order valence-corrected chi connectivity index (χ2v) is 4.18. The maximum atomic E-state index is 5.81. The van der Waals surface area contributed by atoms with E-state index in [0.29, 0.717) is 5.88 Å². The summed E-state index contributed by atoms with van der Waals surface area (Å²) < 4.78 is 0. The average Bonchev–Trinajstić information content (AvgIpc) is 2.03. The van der Waals surface area contributed by atoms with E-state index < -0.39 is 0 Å². The molecule has 0 N–H and O–H groups in total. The Hall–Kier alpha value is -0.560. The van der Waals surface area contributed by atoms with Crippen molar-refractivity contribution in [1.29, 1.82) is 0 Å². The molecule has 1 aromatic heterocycles. The average molecular weight is 184 g/mol. The summed E-state index contributed by atoms with van der Waals surface area (Å²) in [5.41, 5.74) is 2.55. The van der Waals surface area contributed by atoms with Gasteiger partial charge in [-0.25, -0.2) is 0 Å². The summed E-state index contributed by atoms with van der Waals surface area (Å²) in [7, 11) is 0. The van der Waals surface area contributed by atoms with Gasteiger partial charge in [-0.05, 0) is 22.6 Å². The smallest absolute Gasteiger partial charge is 0.0478 e. The van der Waals surface area contributed by atoms with Crippen LogP contribution in [0.5, 0.6) is 0 Å². The molecule has 0 saturated heterocycles. The van der Waals surface area contributed by atoms with E-state index in [2.05, 4.69) is 25.8 Å². The predicted molar refractivity (Wildman–Crippen MR) is 52.5 cm³/mol. The van der Waals surface area contributed by atoms with Crippen LogP contribution >= 0.6 is 11.6 Å². The third-order valence-electron chi connectivity index (χ3n) is 1.86. The third kappa shape index (κ3) is 1.98. The molecule has 1 nitrogen and oxygen atoms in total. The lowest BCUT2D eigenvalue weighted by Gasteiger charge is -2.21. The van der Waals surface area contributed by atoms with Crippen molar-refractivity contribution in [1.82, 2.24) is 4.98 Å². The van der Waals surface area contributed by atoms with Crippen LogP contribution in [0.3, 0.4) is 0 Å². The van der Waals surface area contributed by atoms with Crippen molar-refractivity contribution in [2.24, 2.45) is 0 Å². The van der Waals surface area contributed by atoms with Gasteiger partial charge < -0.3 is 0 Å². The van der Waals surface area contributed by atoms with Gasteiger partial charge in [0.1, 0.15) is 0 Å². The molecular weight excluding hydrogens is 170 g/mol. The normalized spacial score (nSPS) is 11.7. The first-order valence-corrected chi connectivity index (χ1v) is 4.58. The van der Waals surface area contributed by atoms with Gasteiger partial charge >= 0.3 is 0 Å². The van der Waals surface area contributed by atoms with E-state index in [1.807, 2.05) is 12.3 Å². The Morgan fingerprint density at radius 2 is 2.08 bits per heavy atom. The van der Waals surface area contributed by atoms with Gasteiger partial charge in [-0.1, -0.05) is 20.8 Å². The van der Waals surface area contributed by atoms with Crippen LogP contribution < -0.4 is 0 Å². The lowest BCUT2D eigenvalue weighted by molar-refractivity contribution is 0.582. The van der Waals surface area contributed by atoms with Gasteiger partial charge in [-0.15, -0.1) is 11.6 Å². The first-order valence-electron chi connectivity index (χ1n) is 4.05. The Bertz CT molecular complexity index is 263. The standard InChI is InChI=1S/C10H14ClN/c1-10(2,3)9-7-12-5-4-8(9)6-11/h4-5,7H,6H2,1-3H3. The highest BCUT2D eigenvalue weighted by atomic mass is 35.5. The van der Waals surface area contributed by atoms with Crippen molar-refractivity contribution < 1.29 is 0 Å². The van der Waals surface area contributed by atoms with Crippen molar-refractivity contribution in [3.8, 4) is 0 Å². The van der Waals surface area contributed by atoms with Crippen molar-refractivity contribution in [2.45, 2.75) is 32.1 Å². The van der Waals surface area contributed by atoms with E-state index in [0.717, 1.165) is 0 Å². The van der Waals surface area contributed by atoms with Gasteiger partial charge in [0.15, 0.2) is 0 Å². The fourth-order valence-electron chi connectivity index (χ4n) is 1.22. The van der Waals surface area contributed by atoms with Crippen molar-refractivity contribution in [2.75, 3.05) is 0 Å². The summed E-state index contributed by atoms with van der Waals surface area (Å²) in [5.74, 6) is 0.565. The first kappa shape index (κ1) is 9.53. The number of hydrogen-bond acceptors (Lipinski definition) is 1. The number of aromatic nitrogens is 1. The predicted octanol–water partition coefficient (Wildman–Crippen LogP) is 3.12. The highest BCUT2D eigenvalue weighted by Crippen LogP contribution is 2.25. The molecule has 0 saturated carbocycles. The molecule has 0 amide bonds. The summed E-state index contributed by atoms with van der Waals surface area (Å²) in [6, 6.07) is 1.98. The van der Waals surface area contributed by atoms with Crippen molar-refractivity contribution in [3.63, 3.8) is 0 Å². The molecule has 1 aromatic rings. The summed E-state index contributed by atoms with van der Waals surface area (Å²) >= 11 is 5.81. The Morgan fingerprint density at radius 1 is 1.42 bits per heavy atom. The molecule has 0 atom stereocenters. The van der Waals surface area contributed by atoms with Crippen LogP contribution in [0.1, 0.15) is 31.9 Å². The zero-order valence-corrected chi connectivity index (χ0v) is 8.52. The van der Waals surface area contributed by atoms with Gasteiger partial charge in [0.05, 0.1) is 0 Å². The van der Waals surface area contributed by atoms with E-state index >= 15 is 0 Å². The first-order chi connectivity index (χ1) is 5.55. The Morgan fingerprint density at radius 3 is 2.50 bits per heavy atom. The molecule has 0 fully saturated rings. The lowest BCUT2D eigenvalue weighted by atomic mass is 9.85. The fraction of sp³-hybridized carbons (Fsp3) is 0.500. The zero-order valence-electron chi connectivity index (χ0n) is 7.76. The summed E-state index contributed by atoms with van der Waals surface area (Å²) in [6.07, 6.45) is 3.69. The number of rotatable bonds is 1. The molecule has 1 heterocycles. The van der Waals surface area contributed by atoms with Crippen molar-refractivity contribution in [3.05, 3.63) is 29.6 Å². The number of alkyl halides is 1. The molecule has 0 aliphatic heterocycles. The maximum Gasteiger partial charge on any atom is 0.0478 e. The van der Waals surface area contributed by atoms with E-state index in [4.69, 9.17) is 11.6 Å². The molecule has 0 radical (unpaired) electrons. The second-order valence-electron chi connectivity index (χ2n) is 3.92. The molecular formula is C10H14ClN. The van der Waals surface area contributed by atoms with Gasteiger partial charge in [0.25, 0.3) is 0 Å². The van der Waals surface area contributed by atoms with Gasteiger partial charge in [-0.2, -0.15) is 0 Å². The number of hydrogen-bond donors (Lipinski definition) is 0. The maximum absolute atomic E-state index is 5.81. The molecule has 1 rings (SSSR count). The van der Waals surface area contributed by atoms with E-state index in [-0.39, 0.29) is 5.41 Å². The monoisotopic (exact) mass is 183 g/mol. The minimum absolute atomic E-state index is 0.137. The van der Waals surface area contributed by atoms with E-state index in [9.17, 15) is 0 Å². The van der Waals surface area contributed by atoms with Crippen molar-refractivity contribution >= 4 is 11.6 Å². The largest absolute Gasteiger partial charge is 0.264 e. The lowest BCUT2D eigenvalue weighted by Crippen LogP contribution is -2.13. The molecule has 0 aromatic carbocycles. The molecule has 66 valence electrons. The van der Waals surface area contributed by atoms with Crippen LogP contribution in [0, 0.1) is 0 Å². The van der Waals surface area contributed by atoms with Crippen LogP contribution in [0.4, 0.5) is 0 Å². The molecule has 0 aliphatic rings. The third-order valence-corrected chi connectivity index (χ3v) is 2.15. The van der Waals surface area contributed by atoms with Crippen LogP contribution in [-0.4, -0.2) is 4.98 Å². The molecule has 12 heavy (non-hydrogen) atoms. The molecule has 0 bridgehead atoms. The Kier molecular flexibility index (Phi) is 2.73. The zero-order chi connectivity index (χ0) is 9.19. The van der Waals surface area contributed by atoms with Gasteiger partial charge in [0, 0.05) is 18.3 Å². The van der Waals surface area contributed by atoms with E-state index in [1.165, 1.54) is 11.1 Å². The number of nitrogens with zero attached hydrogens (tertiary/aromatic N) is 1. The summed E-state index contributed by atoms with van der Waals surface area (Å²) in [5, 5.41) is 0. The molecule has 0 unspecified atom stereocenters. The molecule has 2 heteroatoms. The van der Waals surface area contributed by atoms with Crippen LogP contribution in [0.25, 0.3) is 0 Å². The quantitative estimate of drug-likeness (QED) is 0.610. The minimum Gasteiger partial charge on any atom is -0.264 e. The van der Waals surface area contributed by atoms with Gasteiger partial charge in [0.2, 0.25) is 0 Å².